The van der Waals surface area contributed by atoms with Crippen LogP contribution in [0.25, 0.3) is 0 Å². The Hall–Kier alpha value is -0.640. The minimum atomic E-state index is -0.657. The number of nitrogens with two attached hydrogens (primary N) is 1. The van der Waals surface area contributed by atoms with E-state index < -0.39 is 11.9 Å². The molecule has 1 aromatic rings. The van der Waals surface area contributed by atoms with Crippen molar-refractivity contribution in [3.05, 3.63) is 34.6 Å². The molecule has 0 radical (unpaired) electrons. The van der Waals surface area contributed by atoms with Gasteiger partial charge in [0.1, 0.15) is 5.82 Å². The molecule has 2 nitrogen and oxygen atoms in total. The Morgan fingerprint density at radius 3 is 2.71 bits per heavy atom. The van der Waals surface area contributed by atoms with Crippen molar-refractivity contribution in [1.82, 2.24) is 0 Å². The van der Waals surface area contributed by atoms with Crippen molar-refractivity contribution in [1.29, 1.82) is 0 Å². The second-order valence-electron chi connectivity index (χ2n) is 3.38. The Morgan fingerprint density at radius 1 is 1.57 bits per heavy atom. The molecule has 0 bridgehead atoms. The van der Waals surface area contributed by atoms with Gasteiger partial charge in [-0.15, -0.1) is 0 Å². The summed E-state index contributed by atoms with van der Waals surface area (Å²) in [6.07, 6.45) is -0.318. The first kappa shape index (κ1) is 11.4. The highest BCUT2D eigenvalue weighted by molar-refractivity contribution is 6.30. The minimum Gasteiger partial charge on any atom is -0.391 e. The zero-order valence-electron chi connectivity index (χ0n) is 7.87. The van der Waals surface area contributed by atoms with Crippen molar-refractivity contribution >= 4 is 11.6 Å². The summed E-state index contributed by atoms with van der Waals surface area (Å²) in [4.78, 5) is 0. The van der Waals surface area contributed by atoms with Crippen LogP contribution in [0.5, 0.6) is 0 Å². The quantitative estimate of drug-likeness (QED) is 0.810. The molecule has 0 aliphatic heterocycles. The highest BCUT2D eigenvalue weighted by Crippen LogP contribution is 2.16. The maximum atomic E-state index is 13.0. The smallest absolute Gasteiger partial charge is 0.142 e. The number of halogens is 2. The van der Waals surface area contributed by atoms with Crippen molar-refractivity contribution in [2.24, 2.45) is 5.73 Å². The summed E-state index contributed by atoms with van der Waals surface area (Å²) >= 11 is 5.52. The van der Waals surface area contributed by atoms with E-state index in [4.69, 9.17) is 17.3 Å². The van der Waals surface area contributed by atoms with Gasteiger partial charge in [-0.25, -0.2) is 4.39 Å². The number of benzene rings is 1. The van der Waals surface area contributed by atoms with Gasteiger partial charge < -0.3 is 10.8 Å². The summed E-state index contributed by atoms with van der Waals surface area (Å²) in [5.74, 6) is -0.471. The first-order chi connectivity index (χ1) is 6.50. The van der Waals surface area contributed by atoms with Crippen LogP contribution in [0.1, 0.15) is 12.5 Å². The van der Waals surface area contributed by atoms with Gasteiger partial charge in [0.05, 0.1) is 11.1 Å². The fourth-order valence-electron chi connectivity index (χ4n) is 1.09. The van der Waals surface area contributed by atoms with Gasteiger partial charge in [0.25, 0.3) is 0 Å². The van der Waals surface area contributed by atoms with Crippen LogP contribution in [0, 0.1) is 5.82 Å². The van der Waals surface area contributed by atoms with E-state index in [1.807, 2.05) is 0 Å². The molecule has 2 atom stereocenters. The Kier molecular flexibility index (Phi) is 3.86. The van der Waals surface area contributed by atoms with Gasteiger partial charge in [-0.1, -0.05) is 17.7 Å². The van der Waals surface area contributed by atoms with E-state index in [2.05, 4.69) is 0 Å². The van der Waals surface area contributed by atoms with E-state index in [0.717, 1.165) is 0 Å². The molecule has 1 unspecified atom stereocenters. The van der Waals surface area contributed by atoms with Crippen molar-refractivity contribution in [3.63, 3.8) is 0 Å². The van der Waals surface area contributed by atoms with Crippen molar-refractivity contribution < 1.29 is 9.50 Å². The average Bonchev–Trinajstić information content (AvgIpc) is 2.11. The zero-order valence-corrected chi connectivity index (χ0v) is 8.63. The van der Waals surface area contributed by atoms with Crippen molar-refractivity contribution in [3.8, 4) is 0 Å². The van der Waals surface area contributed by atoms with Crippen LogP contribution >= 0.6 is 11.6 Å². The monoisotopic (exact) mass is 217 g/mol. The predicted molar refractivity (Wildman–Crippen MR) is 54.8 cm³/mol. The van der Waals surface area contributed by atoms with Gasteiger partial charge in [0.15, 0.2) is 0 Å². The number of hydrogen-bond acceptors (Lipinski definition) is 2. The molecule has 0 heterocycles. The highest BCUT2D eigenvalue weighted by Gasteiger charge is 2.11. The molecule has 0 saturated heterocycles. The Balaban J connectivity index is 2.73. The van der Waals surface area contributed by atoms with Crippen LogP contribution in [0.3, 0.4) is 0 Å². The third-order valence-corrected chi connectivity index (χ3v) is 2.34. The third-order valence-electron chi connectivity index (χ3n) is 2.04. The first-order valence-corrected chi connectivity index (χ1v) is 4.76. The highest BCUT2D eigenvalue weighted by atomic mass is 35.5. The summed E-state index contributed by atoms with van der Waals surface area (Å²) in [5, 5.41) is 9.55. The van der Waals surface area contributed by atoms with Crippen LogP contribution in [0.15, 0.2) is 18.2 Å². The van der Waals surface area contributed by atoms with Crippen LogP contribution in [-0.4, -0.2) is 17.3 Å². The molecule has 3 N–H and O–H groups in total. The number of aliphatic hydroxyl groups excluding tert-OH is 1. The lowest BCUT2D eigenvalue weighted by atomic mass is 10.0. The topological polar surface area (TPSA) is 46.2 Å². The predicted octanol–water partition coefficient (Wildman–Crippen LogP) is 1.73. The summed E-state index contributed by atoms with van der Waals surface area (Å²) in [7, 11) is 0. The van der Waals surface area contributed by atoms with Gasteiger partial charge in [0, 0.05) is 6.04 Å². The van der Waals surface area contributed by atoms with Crippen LogP contribution in [0.4, 0.5) is 4.39 Å². The molecule has 0 saturated carbocycles. The van der Waals surface area contributed by atoms with E-state index in [1.165, 1.54) is 12.1 Å². The van der Waals surface area contributed by atoms with E-state index in [0.29, 0.717) is 12.0 Å². The van der Waals surface area contributed by atoms with E-state index in [1.54, 1.807) is 13.0 Å². The Morgan fingerprint density at radius 2 is 2.21 bits per heavy atom. The van der Waals surface area contributed by atoms with Gasteiger partial charge in [-0.3, -0.25) is 0 Å². The molecular formula is C10H13ClFNO. The summed E-state index contributed by atoms with van der Waals surface area (Å²) in [5.41, 5.74) is 6.17. The Labute approximate surface area is 87.5 Å². The Bertz CT molecular complexity index is 317. The van der Waals surface area contributed by atoms with Gasteiger partial charge in [-0.2, -0.15) is 0 Å². The lowest BCUT2D eigenvalue weighted by Crippen LogP contribution is -2.33. The molecule has 0 amide bonds. The van der Waals surface area contributed by atoms with Gasteiger partial charge in [-0.05, 0) is 31.0 Å². The first-order valence-electron chi connectivity index (χ1n) is 4.38. The van der Waals surface area contributed by atoms with Crippen molar-refractivity contribution in [2.45, 2.75) is 25.5 Å². The maximum Gasteiger partial charge on any atom is 0.142 e. The third kappa shape index (κ3) is 2.94. The molecule has 0 fully saturated rings. The summed E-state index contributed by atoms with van der Waals surface area (Å²) in [6, 6.07) is 4.14. The second kappa shape index (κ2) is 4.73. The number of hydrogen-bond donors (Lipinski definition) is 2. The van der Waals surface area contributed by atoms with Crippen LogP contribution in [0.2, 0.25) is 5.02 Å². The molecule has 4 heteroatoms. The standard InChI is InChI=1S/C10H13ClFNO/c1-6(13)10(14)5-7-2-3-8(11)9(12)4-7/h2-4,6,10,14H,5,13H2,1H3/t6-,10?/m1/s1. The van der Waals surface area contributed by atoms with Gasteiger partial charge in [0.2, 0.25) is 0 Å². The minimum absolute atomic E-state index is 0.0871. The molecule has 14 heavy (non-hydrogen) atoms. The lowest BCUT2D eigenvalue weighted by Gasteiger charge is -2.14. The molecular weight excluding hydrogens is 205 g/mol. The fourth-order valence-corrected chi connectivity index (χ4v) is 1.21. The molecule has 0 spiro atoms. The average molecular weight is 218 g/mol. The molecule has 1 aromatic carbocycles. The molecule has 1 rings (SSSR count). The fraction of sp³-hybridized carbons (Fsp3) is 0.400. The largest absolute Gasteiger partial charge is 0.391 e. The SMILES string of the molecule is C[C@@H](N)C(O)Cc1ccc(Cl)c(F)c1. The molecule has 0 aromatic heterocycles. The summed E-state index contributed by atoms with van der Waals surface area (Å²) in [6.45, 7) is 1.71. The lowest BCUT2D eigenvalue weighted by molar-refractivity contribution is 0.151. The molecule has 0 aliphatic rings. The number of rotatable bonds is 3. The van der Waals surface area contributed by atoms with Crippen LogP contribution in [-0.2, 0) is 6.42 Å². The van der Waals surface area contributed by atoms with Gasteiger partial charge >= 0.3 is 0 Å². The second-order valence-corrected chi connectivity index (χ2v) is 3.79. The number of aliphatic hydroxyl groups is 1. The van der Waals surface area contributed by atoms with Crippen molar-refractivity contribution in [2.75, 3.05) is 0 Å². The molecule has 0 aliphatic carbocycles. The maximum absolute atomic E-state index is 13.0. The van der Waals surface area contributed by atoms with Crippen LogP contribution < -0.4 is 5.73 Å². The van der Waals surface area contributed by atoms with E-state index in [-0.39, 0.29) is 11.1 Å². The normalized spacial score (nSPS) is 15.2. The summed E-state index contributed by atoms with van der Waals surface area (Å²) < 4.78 is 13.0. The van der Waals surface area contributed by atoms with E-state index in [9.17, 15) is 9.50 Å². The van der Waals surface area contributed by atoms with E-state index >= 15 is 0 Å². The molecule has 78 valence electrons. The zero-order chi connectivity index (χ0) is 10.7.